The summed E-state index contributed by atoms with van der Waals surface area (Å²) >= 11 is 6.12. The van der Waals surface area contributed by atoms with Gasteiger partial charge in [0.15, 0.2) is 5.82 Å². The minimum atomic E-state index is -2.65. The molecule has 10 heteroatoms. The minimum absolute atomic E-state index is 0.123. The quantitative estimate of drug-likeness (QED) is 0.407. The van der Waals surface area contributed by atoms with Gasteiger partial charge >= 0.3 is 0 Å². The molecule has 0 atom stereocenters. The molecule has 0 radical (unpaired) electrons. The van der Waals surface area contributed by atoms with Crippen LogP contribution >= 0.6 is 11.6 Å². The first-order chi connectivity index (χ1) is 16.0. The second-order valence-electron chi connectivity index (χ2n) is 7.83. The lowest BCUT2D eigenvalue weighted by Gasteiger charge is -2.17. The summed E-state index contributed by atoms with van der Waals surface area (Å²) in [5.74, 6) is 0.247. The molecule has 33 heavy (non-hydrogen) atoms. The number of carbonyl (C=O) groups is 1. The van der Waals surface area contributed by atoms with Crippen LogP contribution in [0.3, 0.4) is 0 Å². The Morgan fingerprint density at radius 1 is 1.09 bits per heavy atom. The lowest BCUT2D eigenvalue weighted by atomic mass is 9.94. The molecule has 2 aromatic carbocycles. The highest BCUT2D eigenvalue weighted by Gasteiger charge is 2.51. The minimum Gasteiger partial charge on any atom is -0.325 e. The first kappa shape index (κ1) is 21.1. The maximum atomic E-state index is 13.2. The van der Waals surface area contributed by atoms with E-state index in [0.29, 0.717) is 33.2 Å². The molecule has 1 amide bonds. The molecule has 1 aliphatic carbocycles. The molecule has 0 saturated heterocycles. The van der Waals surface area contributed by atoms with Crippen LogP contribution in [0.25, 0.3) is 22.5 Å². The molecular weight excluding hydrogens is 450 g/mol. The fraction of sp³-hybridized carbons (Fsp3) is 0.174. The lowest BCUT2D eigenvalue weighted by Crippen LogP contribution is -2.27. The number of nitrogens with zero attached hydrogens (tertiary/aromatic N) is 4. The molecule has 1 saturated carbocycles. The predicted octanol–water partition coefficient (Wildman–Crippen LogP) is 5.19. The van der Waals surface area contributed by atoms with Gasteiger partial charge in [-0.05, 0) is 64.7 Å². The number of benzene rings is 2. The molecule has 0 spiro atoms. The zero-order valence-electron chi connectivity index (χ0n) is 17.1. The zero-order chi connectivity index (χ0) is 23.0. The second-order valence-corrected chi connectivity index (χ2v) is 8.27. The van der Waals surface area contributed by atoms with Gasteiger partial charge in [-0.25, -0.2) is 13.9 Å². The normalized spacial score (nSPS) is 14.3. The van der Waals surface area contributed by atoms with Crippen molar-refractivity contribution in [3.63, 3.8) is 0 Å². The van der Waals surface area contributed by atoms with Crippen molar-refractivity contribution in [2.75, 3.05) is 5.32 Å². The Hall–Kier alpha value is -3.72. The van der Waals surface area contributed by atoms with Gasteiger partial charge in [0, 0.05) is 28.0 Å². The Morgan fingerprint density at radius 2 is 1.94 bits per heavy atom. The van der Waals surface area contributed by atoms with Crippen molar-refractivity contribution in [3.8, 4) is 22.5 Å². The van der Waals surface area contributed by atoms with Gasteiger partial charge in [0.25, 0.3) is 6.43 Å². The van der Waals surface area contributed by atoms with Crippen LogP contribution in [0.4, 0.5) is 14.5 Å². The Kier molecular flexibility index (Phi) is 5.33. The number of nitrogens with one attached hydrogen (secondary N) is 2. The largest absolute Gasteiger partial charge is 0.325 e. The molecule has 2 aromatic heterocycles. The molecule has 0 bridgehead atoms. The molecule has 7 nitrogen and oxygen atoms in total. The fourth-order valence-corrected chi connectivity index (χ4v) is 4.04. The van der Waals surface area contributed by atoms with Gasteiger partial charge in [0.1, 0.15) is 5.69 Å². The van der Waals surface area contributed by atoms with E-state index in [-0.39, 0.29) is 11.6 Å². The van der Waals surface area contributed by atoms with Crippen LogP contribution in [0.5, 0.6) is 0 Å². The van der Waals surface area contributed by atoms with E-state index >= 15 is 0 Å². The summed E-state index contributed by atoms with van der Waals surface area (Å²) < 4.78 is 25.8. The van der Waals surface area contributed by atoms with Crippen LogP contribution in [0, 0.1) is 0 Å². The van der Waals surface area contributed by atoms with E-state index in [1.807, 2.05) is 18.2 Å². The first-order valence-electron chi connectivity index (χ1n) is 10.2. The van der Waals surface area contributed by atoms with Crippen molar-refractivity contribution in [2.24, 2.45) is 0 Å². The standard InChI is InChI=1S/C23H17ClF2N6O/c24-15-3-1-2-14(10-15)23(8-9-23)22(33)28-16-5-6-17(18(11-16)21-29-31-32-30-21)13-4-7-19(20(25)26)27-12-13/h1-7,10-12,20H,8-9H2,(H,28,33)(H,29,30,31,32). The van der Waals surface area contributed by atoms with Crippen molar-refractivity contribution in [1.82, 2.24) is 25.6 Å². The number of aromatic amines is 1. The topological polar surface area (TPSA) is 96.5 Å². The number of tetrazole rings is 1. The summed E-state index contributed by atoms with van der Waals surface area (Å²) in [6, 6.07) is 15.4. The molecule has 1 fully saturated rings. The summed E-state index contributed by atoms with van der Waals surface area (Å²) in [5, 5.41) is 17.5. The highest BCUT2D eigenvalue weighted by molar-refractivity contribution is 6.30. The number of alkyl halides is 2. The highest BCUT2D eigenvalue weighted by atomic mass is 35.5. The molecular formula is C23H17ClF2N6O. The van der Waals surface area contributed by atoms with Crippen LogP contribution in [0.2, 0.25) is 5.02 Å². The maximum absolute atomic E-state index is 13.2. The Bertz CT molecular complexity index is 1310. The molecule has 5 rings (SSSR count). The van der Waals surface area contributed by atoms with E-state index in [1.165, 1.54) is 12.3 Å². The number of halogens is 3. The number of amides is 1. The van der Waals surface area contributed by atoms with Crippen LogP contribution in [-0.4, -0.2) is 31.5 Å². The number of hydrogen-bond donors (Lipinski definition) is 2. The Balaban J connectivity index is 1.47. The average Bonchev–Trinajstić information content (AvgIpc) is 3.46. The second kappa shape index (κ2) is 8.32. The van der Waals surface area contributed by atoms with E-state index < -0.39 is 11.8 Å². The van der Waals surface area contributed by atoms with Crippen molar-refractivity contribution in [2.45, 2.75) is 24.7 Å². The number of hydrogen-bond acceptors (Lipinski definition) is 5. The van der Waals surface area contributed by atoms with Gasteiger partial charge in [-0.2, -0.15) is 0 Å². The van der Waals surface area contributed by atoms with Crippen LogP contribution in [0.1, 0.15) is 30.5 Å². The van der Waals surface area contributed by atoms with Crippen LogP contribution in [0.15, 0.2) is 60.8 Å². The monoisotopic (exact) mass is 466 g/mol. The number of carbonyl (C=O) groups excluding carboxylic acids is 1. The summed E-state index contributed by atoms with van der Waals surface area (Å²) in [5.41, 5.74) is 2.41. The molecule has 1 aliphatic rings. The van der Waals surface area contributed by atoms with Gasteiger partial charge < -0.3 is 5.32 Å². The summed E-state index contributed by atoms with van der Waals surface area (Å²) in [7, 11) is 0. The fourth-order valence-electron chi connectivity index (χ4n) is 3.85. The lowest BCUT2D eigenvalue weighted by molar-refractivity contribution is -0.118. The molecule has 0 unspecified atom stereocenters. The molecule has 0 aliphatic heterocycles. The zero-order valence-corrected chi connectivity index (χ0v) is 17.9. The Morgan fingerprint density at radius 3 is 2.58 bits per heavy atom. The van der Waals surface area contributed by atoms with Crippen LogP contribution in [-0.2, 0) is 10.2 Å². The van der Waals surface area contributed by atoms with Gasteiger partial charge in [-0.3, -0.25) is 9.78 Å². The summed E-state index contributed by atoms with van der Waals surface area (Å²) in [4.78, 5) is 17.0. The van der Waals surface area contributed by atoms with Gasteiger partial charge in [0.05, 0.1) is 5.41 Å². The summed E-state index contributed by atoms with van der Waals surface area (Å²) in [6.07, 6.45) is 0.195. The number of aromatic nitrogens is 5. The van der Waals surface area contributed by atoms with E-state index in [9.17, 15) is 13.6 Å². The highest BCUT2D eigenvalue weighted by Crippen LogP contribution is 2.49. The number of anilines is 1. The van der Waals surface area contributed by atoms with Crippen molar-refractivity contribution in [3.05, 3.63) is 77.1 Å². The smallest absolute Gasteiger partial charge is 0.280 e. The molecule has 2 N–H and O–H groups in total. The van der Waals surface area contributed by atoms with Gasteiger partial charge in [0.2, 0.25) is 5.91 Å². The van der Waals surface area contributed by atoms with Crippen LogP contribution < -0.4 is 5.32 Å². The third-order valence-corrected chi connectivity index (χ3v) is 6.00. The van der Waals surface area contributed by atoms with E-state index in [0.717, 1.165) is 18.4 Å². The van der Waals surface area contributed by atoms with Crippen molar-refractivity contribution in [1.29, 1.82) is 0 Å². The third kappa shape index (κ3) is 4.07. The molecule has 166 valence electrons. The van der Waals surface area contributed by atoms with E-state index in [1.54, 1.807) is 30.3 Å². The van der Waals surface area contributed by atoms with Crippen molar-refractivity contribution < 1.29 is 13.6 Å². The number of rotatable bonds is 6. The Labute approximate surface area is 192 Å². The molecule has 4 aromatic rings. The SMILES string of the molecule is O=C(Nc1ccc(-c2ccc(C(F)F)nc2)c(-c2nnn[nH]2)c1)C1(c2cccc(Cl)c2)CC1. The van der Waals surface area contributed by atoms with Crippen molar-refractivity contribution >= 4 is 23.2 Å². The number of H-pyrrole nitrogens is 1. The third-order valence-electron chi connectivity index (χ3n) is 5.76. The van der Waals surface area contributed by atoms with Gasteiger partial charge in [-0.15, -0.1) is 5.10 Å². The van der Waals surface area contributed by atoms with E-state index in [4.69, 9.17) is 11.6 Å². The predicted molar refractivity (Wildman–Crippen MR) is 119 cm³/mol. The van der Waals surface area contributed by atoms with E-state index in [2.05, 4.69) is 30.9 Å². The summed E-state index contributed by atoms with van der Waals surface area (Å²) in [6.45, 7) is 0. The van der Waals surface area contributed by atoms with Gasteiger partial charge in [-0.1, -0.05) is 35.9 Å². The average molecular weight is 467 g/mol. The molecule has 2 heterocycles. The maximum Gasteiger partial charge on any atom is 0.280 e. The number of pyridine rings is 1. The first-order valence-corrected chi connectivity index (χ1v) is 10.5.